The zero-order valence-electron chi connectivity index (χ0n) is 8.78. The van der Waals surface area contributed by atoms with Crippen molar-refractivity contribution < 1.29 is 19.1 Å². The second-order valence-electron chi connectivity index (χ2n) is 2.85. The fraction of sp³-hybridized carbons (Fsp3) is 0.500. The molecule has 82 valence electrons. The van der Waals surface area contributed by atoms with Crippen molar-refractivity contribution >= 4 is 17.7 Å². The summed E-state index contributed by atoms with van der Waals surface area (Å²) in [5, 5.41) is 0. The van der Waals surface area contributed by atoms with Gasteiger partial charge in [-0.15, -0.1) is 0 Å². The third-order valence-corrected chi connectivity index (χ3v) is 1.78. The van der Waals surface area contributed by atoms with Crippen LogP contribution in [0.25, 0.3) is 0 Å². The molecule has 0 atom stereocenters. The number of nitrogens with zero attached hydrogens (tertiary/aromatic N) is 1. The van der Waals surface area contributed by atoms with Crippen molar-refractivity contribution in [3.63, 3.8) is 0 Å². The molecular formula is C10H13NO4. The lowest BCUT2D eigenvalue weighted by Crippen LogP contribution is -2.17. The third kappa shape index (κ3) is 2.90. The number of aliphatic imine (C=N–C) groups is 1. The van der Waals surface area contributed by atoms with Gasteiger partial charge >= 0.3 is 11.9 Å². The van der Waals surface area contributed by atoms with Gasteiger partial charge in [0.1, 0.15) is 5.71 Å². The molecule has 0 amide bonds. The Balaban J connectivity index is 2.48. The summed E-state index contributed by atoms with van der Waals surface area (Å²) >= 11 is 0. The van der Waals surface area contributed by atoms with E-state index in [9.17, 15) is 9.59 Å². The molecule has 0 spiro atoms. The van der Waals surface area contributed by atoms with Crippen molar-refractivity contribution in [2.75, 3.05) is 13.2 Å². The first-order valence-electron chi connectivity index (χ1n) is 4.79. The van der Waals surface area contributed by atoms with Crippen molar-refractivity contribution in [2.24, 2.45) is 4.99 Å². The minimum atomic E-state index is -0.479. The van der Waals surface area contributed by atoms with E-state index in [-0.39, 0.29) is 12.1 Å². The van der Waals surface area contributed by atoms with Crippen molar-refractivity contribution in [3.05, 3.63) is 11.8 Å². The Kier molecular flexibility index (Phi) is 4.03. The highest BCUT2D eigenvalue weighted by atomic mass is 16.5. The van der Waals surface area contributed by atoms with E-state index in [1.54, 1.807) is 13.8 Å². The molecule has 0 saturated heterocycles. The molecule has 5 nitrogen and oxygen atoms in total. The topological polar surface area (TPSA) is 65.0 Å². The molecule has 0 radical (unpaired) electrons. The molecular weight excluding hydrogens is 198 g/mol. The van der Waals surface area contributed by atoms with Gasteiger partial charge in [0, 0.05) is 12.6 Å². The zero-order chi connectivity index (χ0) is 11.3. The summed E-state index contributed by atoms with van der Waals surface area (Å²) in [5.74, 6) is -0.909. The molecule has 1 aliphatic rings. The van der Waals surface area contributed by atoms with E-state index in [4.69, 9.17) is 9.47 Å². The van der Waals surface area contributed by atoms with E-state index in [1.165, 1.54) is 6.20 Å². The van der Waals surface area contributed by atoms with Gasteiger partial charge in [-0.05, 0) is 13.8 Å². The van der Waals surface area contributed by atoms with Gasteiger partial charge in [-0.1, -0.05) is 0 Å². The minimum Gasteiger partial charge on any atom is -0.463 e. The maximum atomic E-state index is 11.3. The summed E-state index contributed by atoms with van der Waals surface area (Å²) in [5.41, 5.74) is 0.639. The van der Waals surface area contributed by atoms with Crippen LogP contribution in [-0.4, -0.2) is 30.9 Å². The lowest BCUT2D eigenvalue weighted by atomic mass is 10.1. The highest BCUT2D eigenvalue weighted by Crippen LogP contribution is 2.14. The molecule has 0 bridgehead atoms. The molecule has 0 aromatic heterocycles. The zero-order valence-corrected chi connectivity index (χ0v) is 8.78. The van der Waals surface area contributed by atoms with Crippen LogP contribution in [0.5, 0.6) is 0 Å². The summed E-state index contributed by atoms with van der Waals surface area (Å²) in [7, 11) is 0. The van der Waals surface area contributed by atoms with E-state index >= 15 is 0 Å². The van der Waals surface area contributed by atoms with Gasteiger partial charge in [-0.25, -0.2) is 9.59 Å². The molecule has 1 aliphatic heterocycles. The van der Waals surface area contributed by atoms with Crippen molar-refractivity contribution in [3.8, 4) is 0 Å². The number of hydrogen-bond donors (Lipinski definition) is 0. The fourth-order valence-electron chi connectivity index (χ4n) is 1.12. The Labute approximate surface area is 87.8 Å². The molecule has 0 aromatic carbocycles. The highest BCUT2D eigenvalue weighted by Gasteiger charge is 2.23. The maximum absolute atomic E-state index is 11.3. The number of esters is 2. The van der Waals surface area contributed by atoms with E-state index in [0.29, 0.717) is 18.8 Å². The average Bonchev–Trinajstić information content (AvgIpc) is 2.67. The molecule has 15 heavy (non-hydrogen) atoms. The maximum Gasteiger partial charge on any atom is 0.352 e. The molecule has 0 N–H and O–H groups in total. The smallest absolute Gasteiger partial charge is 0.352 e. The second-order valence-corrected chi connectivity index (χ2v) is 2.85. The minimum absolute atomic E-state index is 0.192. The normalized spacial score (nSPS) is 14.3. The highest BCUT2D eigenvalue weighted by molar-refractivity contribution is 6.38. The van der Waals surface area contributed by atoms with Crippen LogP contribution < -0.4 is 0 Å². The summed E-state index contributed by atoms with van der Waals surface area (Å²) in [6, 6.07) is 0. The number of ether oxygens (including phenoxy) is 2. The summed E-state index contributed by atoms with van der Waals surface area (Å²) in [4.78, 5) is 26.3. The van der Waals surface area contributed by atoms with Gasteiger partial charge in [0.15, 0.2) is 0 Å². The van der Waals surface area contributed by atoms with E-state index in [2.05, 4.69) is 4.99 Å². The van der Waals surface area contributed by atoms with Gasteiger partial charge in [-0.2, -0.15) is 0 Å². The predicted molar refractivity (Wildman–Crippen MR) is 53.4 cm³/mol. The lowest BCUT2D eigenvalue weighted by Gasteiger charge is -2.02. The summed E-state index contributed by atoms with van der Waals surface area (Å²) in [6.07, 6.45) is 1.54. The van der Waals surface area contributed by atoms with Gasteiger partial charge in [-0.3, -0.25) is 4.99 Å². The first kappa shape index (κ1) is 11.4. The first-order chi connectivity index (χ1) is 7.19. The molecule has 0 fully saturated rings. The van der Waals surface area contributed by atoms with Crippen molar-refractivity contribution in [2.45, 2.75) is 20.3 Å². The molecule has 5 heteroatoms. The van der Waals surface area contributed by atoms with Gasteiger partial charge in [0.2, 0.25) is 0 Å². The van der Waals surface area contributed by atoms with Crippen LogP contribution in [0.4, 0.5) is 0 Å². The van der Waals surface area contributed by atoms with Crippen LogP contribution in [-0.2, 0) is 19.1 Å². The SMILES string of the molecule is CCOC(=O)C1=CN=C(C(=O)OCC)C1. The number of hydrogen-bond acceptors (Lipinski definition) is 5. The van der Waals surface area contributed by atoms with Gasteiger partial charge in [0.05, 0.1) is 18.8 Å². The fourth-order valence-corrected chi connectivity index (χ4v) is 1.12. The van der Waals surface area contributed by atoms with Gasteiger partial charge < -0.3 is 9.47 Å². The van der Waals surface area contributed by atoms with Crippen LogP contribution >= 0.6 is 0 Å². The van der Waals surface area contributed by atoms with Crippen LogP contribution in [0.1, 0.15) is 20.3 Å². The van der Waals surface area contributed by atoms with Crippen molar-refractivity contribution in [1.82, 2.24) is 0 Å². The second kappa shape index (κ2) is 5.29. The molecule has 0 aromatic rings. The molecule has 1 heterocycles. The van der Waals surface area contributed by atoms with Crippen LogP contribution in [0.15, 0.2) is 16.8 Å². The first-order valence-corrected chi connectivity index (χ1v) is 4.79. The van der Waals surface area contributed by atoms with E-state index < -0.39 is 11.9 Å². The number of carbonyl (C=O) groups excluding carboxylic acids is 2. The standard InChI is InChI=1S/C10H13NO4/c1-3-14-9(12)7-5-8(11-6-7)10(13)15-4-2/h6H,3-5H2,1-2H3. The Morgan fingerprint density at radius 2 is 1.87 bits per heavy atom. The Bertz CT molecular complexity index is 298. The van der Waals surface area contributed by atoms with E-state index in [1.807, 2.05) is 0 Å². The van der Waals surface area contributed by atoms with Gasteiger partial charge in [0.25, 0.3) is 0 Å². The third-order valence-electron chi connectivity index (χ3n) is 1.78. The lowest BCUT2D eigenvalue weighted by molar-refractivity contribution is -0.138. The van der Waals surface area contributed by atoms with Crippen LogP contribution in [0, 0.1) is 0 Å². The predicted octanol–water partition coefficient (Wildman–Crippen LogP) is 0.841. The van der Waals surface area contributed by atoms with Crippen LogP contribution in [0.2, 0.25) is 0 Å². The Hall–Kier alpha value is -1.65. The quantitative estimate of drug-likeness (QED) is 0.646. The number of carbonyl (C=O) groups is 2. The van der Waals surface area contributed by atoms with E-state index in [0.717, 1.165) is 0 Å². The Morgan fingerprint density at radius 1 is 1.27 bits per heavy atom. The molecule has 0 unspecified atom stereocenters. The summed E-state index contributed by atoms with van der Waals surface area (Å²) in [6.45, 7) is 4.05. The Morgan fingerprint density at radius 3 is 2.47 bits per heavy atom. The van der Waals surface area contributed by atoms with Crippen molar-refractivity contribution in [1.29, 1.82) is 0 Å². The molecule has 1 rings (SSSR count). The number of rotatable bonds is 4. The molecule has 0 saturated carbocycles. The van der Waals surface area contributed by atoms with Crippen LogP contribution in [0.3, 0.4) is 0 Å². The monoisotopic (exact) mass is 211 g/mol. The molecule has 0 aliphatic carbocycles. The largest absolute Gasteiger partial charge is 0.463 e. The average molecular weight is 211 g/mol. The summed E-state index contributed by atoms with van der Waals surface area (Å²) < 4.78 is 9.54.